The van der Waals surface area contributed by atoms with Gasteiger partial charge in [-0.1, -0.05) is 0 Å². The summed E-state index contributed by atoms with van der Waals surface area (Å²) in [6.45, 7) is 2.40. The van der Waals surface area contributed by atoms with Crippen LogP contribution in [-0.4, -0.2) is 39.0 Å². The summed E-state index contributed by atoms with van der Waals surface area (Å²) in [5.74, 6) is 0.371. The minimum atomic E-state index is -0.331. The van der Waals surface area contributed by atoms with Gasteiger partial charge in [0.2, 0.25) is 0 Å². The molecule has 0 saturated carbocycles. The maximum atomic E-state index is 12.0. The van der Waals surface area contributed by atoms with Gasteiger partial charge in [0.25, 0.3) is 0 Å². The van der Waals surface area contributed by atoms with Gasteiger partial charge in [0, 0.05) is 30.5 Å². The van der Waals surface area contributed by atoms with Crippen molar-refractivity contribution in [1.29, 1.82) is 0 Å². The molecule has 0 spiro atoms. The third-order valence-electron chi connectivity index (χ3n) is 4.61. The second-order valence-corrected chi connectivity index (χ2v) is 6.36. The van der Waals surface area contributed by atoms with Crippen LogP contribution in [0, 0.1) is 0 Å². The van der Waals surface area contributed by atoms with Crippen LogP contribution in [0.3, 0.4) is 0 Å². The molecular weight excluding hydrogens is 346 g/mol. The topological polar surface area (TPSA) is 83.2 Å². The van der Waals surface area contributed by atoms with E-state index in [1.54, 1.807) is 11.0 Å². The quantitative estimate of drug-likeness (QED) is 0.696. The number of methoxy groups -OCH3 is 1. The molecule has 8 heteroatoms. The summed E-state index contributed by atoms with van der Waals surface area (Å²) in [5.41, 5.74) is 4.43. The van der Waals surface area contributed by atoms with Gasteiger partial charge in [-0.05, 0) is 30.3 Å². The number of hydrogen-bond donors (Lipinski definition) is 1. The van der Waals surface area contributed by atoms with Crippen LogP contribution in [0.15, 0.2) is 36.7 Å². The zero-order valence-electron chi connectivity index (χ0n) is 15.3. The number of anilines is 1. The number of ether oxygens (including phenoxy) is 2. The van der Waals surface area contributed by atoms with Crippen molar-refractivity contribution in [3.05, 3.63) is 53.6 Å². The summed E-state index contributed by atoms with van der Waals surface area (Å²) < 4.78 is 14.2. The van der Waals surface area contributed by atoms with Gasteiger partial charge in [0.05, 0.1) is 38.1 Å². The fraction of sp³-hybridized carbons (Fsp3) is 0.316. The molecule has 0 radical (unpaired) electrons. The van der Waals surface area contributed by atoms with E-state index in [1.807, 2.05) is 37.4 Å². The zero-order chi connectivity index (χ0) is 18.8. The second-order valence-electron chi connectivity index (χ2n) is 6.36. The molecule has 1 aliphatic rings. The molecule has 2 aromatic heterocycles. The summed E-state index contributed by atoms with van der Waals surface area (Å²) in [5, 5.41) is 7.71. The van der Waals surface area contributed by atoms with Gasteiger partial charge in [0.15, 0.2) is 5.82 Å². The van der Waals surface area contributed by atoms with Crippen molar-refractivity contribution in [1.82, 2.24) is 19.3 Å². The number of aryl methyl sites for hydroxylation is 1. The third-order valence-corrected chi connectivity index (χ3v) is 4.61. The Morgan fingerprint density at radius 3 is 2.85 bits per heavy atom. The van der Waals surface area contributed by atoms with Crippen molar-refractivity contribution in [2.75, 3.05) is 19.0 Å². The van der Waals surface area contributed by atoms with Crippen LogP contribution in [0.25, 0.3) is 11.4 Å². The van der Waals surface area contributed by atoms with E-state index >= 15 is 0 Å². The SMILES string of the molecule is COC(=O)c1cc(CNc2ccc(-c3ncn(C)n3)cc2)n2c1COCC2. The Balaban J connectivity index is 1.50. The van der Waals surface area contributed by atoms with Crippen molar-refractivity contribution >= 4 is 11.7 Å². The lowest BCUT2D eigenvalue weighted by molar-refractivity contribution is 0.0575. The first-order chi connectivity index (χ1) is 13.2. The normalized spacial score (nSPS) is 13.3. The summed E-state index contributed by atoms with van der Waals surface area (Å²) in [4.78, 5) is 16.3. The van der Waals surface area contributed by atoms with E-state index in [4.69, 9.17) is 9.47 Å². The number of carbonyl (C=O) groups excluding carboxylic acids is 1. The fourth-order valence-corrected chi connectivity index (χ4v) is 3.24. The third kappa shape index (κ3) is 3.43. The average Bonchev–Trinajstić information content (AvgIpc) is 3.30. The summed E-state index contributed by atoms with van der Waals surface area (Å²) in [6, 6.07) is 9.85. The van der Waals surface area contributed by atoms with E-state index in [0.29, 0.717) is 31.1 Å². The van der Waals surface area contributed by atoms with Crippen molar-refractivity contribution in [3.63, 3.8) is 0 Å². The van der Waals surface area contributed by atoms with Crippen LogP contribution in [0.4, 0.5) is 5.69 Å². The van der Waals surface area contributed by atoms with Crippen LogP contribution in [0.1, 0.15) is 21.7 Å². The van der Waals surface area contributed by atoms with Gasteiger partial charge < -0.3 is 19.4 Å². The minimum absolute atomic E-state index is 0.331. The van der Waals surface area contributed by atoms with E-state index in [0.717, 1.165) is 29.2 Å². The van der Waals surface area contributed by atoms with Gasteiger partial charge >= 0.3 is 5.97 Å². The Bertz CT molecular complexity index is 958. The lowest BCUT2D eigenvalue weighted by Crippen LogP contribution is -2.20. The number of hydrogen-bond acceptors (Lipinski definition) is 6. The first-order valence-electron chi connectivity index (χ1n) is 8.73. The van der Waals surface area contributed by atoms with Crippen LogP contribution in [-0.2, 0) is 36.2 Å². The number of benzene rings is 1. The molecule has 0 amide bonds. The number of nitrogens with one attached hydrogen (secondary N) is 1. The highest BCUT2D eigenvalue weighted by molar-refractivity contribution is 5.91. The molecule has 3 heterocycles. The van der Waals surface area contributed by atoms with Crippen molar-refractivity contribution in [2.45, 2.75) is 19.7 Å². The summed E-state index contributed by atoms with van der Waals surface area (Å²) in [7, 11) is 3.24. The molecule has 4 rings (SSSR count). The van der Waals surface area contributed by atoms with Gasteiger partial charge in [-0.3, -0.25) is 4.68 Å². The first kappa shape index (κ1) is 17.3. The van der Waals surface area contributed by atoms with Crippen molar-refractivity contribution < 1.29 is 14.3 Å². The smallest absolute Gasteiger partial charge is 0.339 e. The molecule has 0 unspecified atom stereocenters. The number of aromatic nitrogens is 4. The van der Waals surface area contributed by atoms with Crippen LogP contribution in [0.2, 0.25) is 0 Å². The Morgan fingerprint density at radius 2 is 2.15 bits per heavy atom. The minimum Gasteiger partial charge on any atom is -0.465 e. The molecule has 3 aromatic rings. The van der Waals surface area contributed by atoms with E-state index in [9.17, 15) is 4.79 Å². The van der Waals surface area contributed by atoms with Gasteiger partial charge in [-0.15, -0.1) is 0 Å². The van der Waals surface area contributed by atoms with Gasteiger partial charge in [0.1, 0.15) is 6.33 Å². The Morgan fingerprint density at radius 1 is 1.33 bits per heavy atom. The lowest BCUT2D eigenvalue weighted by Gasteiger charge is -2.19. The Labute approximate surface area is 156 Å². The molecule has 0 aliphatic carbocycles. The number of esters is 1. The number of fused-ring (bicyclic) bond motifs is 1. The molecule has 27 heavy (non-hydrogen) atoms. The van der Waals surface area contributed by atoms with Crippen LogP contribution >= 0.6 is 0 Å². The highest BCUT2D eigenvalue weighted by Gasteiger charge is 2.23. The van der Waals surface area contributed by atoms with Gasteiger partial charge in [-0.2, -0.15) is 5.10 Å². The molecular formula is C19H21N5O3. The monoisotopic (exact) mass is 367 g/mol. The molecule has 0 atom stereocenters. The molecule has 1 aliphatic heterocycles. The predicted molar refractivity (Wildman–Crippen MR) is 99.2 cm³/mol. The predicted octanol–water partition coefficient (Wildman–Crippen LogP) is 2.21. The summed E-state index contributed by atoms with van der Waals surface area (Å²) in [6.07, 6.45) is 1.68. The lowest BCUT2D eigenvalue weighted by atomic mass is 10.2. The highest BCUT2D eigenvalue weighted by atomic mass is 16.5. The number of carbonyl (C=O) groups is 1. The van der Waals surface area contributed by atoms with E-state index in [-0.39, 0.29) is 5.97 Å². The van der Waals surface area contributed by atoms with Crippen LogP contribution < -0.4 is 5.32 Å². The molecule has 0 fully saturated rings. The molecule has 1 aromatic carbocycles. The van der Waals surface area contributed by atoms with E-state index in [1.165, 1.54) is 7.11 Å². The average molecular weight is 367 g/mol. The largest absolute Gasteiger partial charge is 0.465 e. The maximum absolute atomic E-state index is 12.0. The first-order valence-corrected chi connectivity index (χ1v) is 8.73. The molecule has 1 N–H and O–H groups in total. The van der Waals surface area contributed by atoms with E-state index in [2.05, 4.69) is 20.0 Å². The molecule has 140 valence electrons. The van der Waals surface area contributed by atoms with Crippen LogP contribution in [0.5, 0.6) is 0 Å². The van der Waals surface area contributed by atoms with Gasteiger partial charge in [-0.25, -0.2) is 9.78 Å². The molecule has 0 saturated heterocycles. The maximum Gasteiger partial charge on any atom is 0.339 e. The second kappa shape index (κ2) is 7.24. The van der Waals surface area contributed by atoms with E-state index < -0.39 is 0 Å². The van der Waals surface area contributed by atoms with Crippen molar-refractivity contribution in [3.8, 4) is 11.4 Å². The Kier molecular flexibility index (Phi) is 4.64. The standard InChI is InChI=1S/C19H21N5O3/c1-23-12-21-18(22-23)13-3-5-14(6-4-13)20-10-15-9-16(19(25)26-2)17-11-27-8-7-24(15)17/h3-6,9,12,20H,7-8,10-11H2,1-2H3. The molecule has 0 bridgehead atoms. The molecule has 8 nitrogen and oxygen atoms in total. The number of rotatable bonds is 5. The Hall–Kier alpha value is -3.13. The number of nitrogens with zero attached hydrogens (tertiary/aromatic N) is 4. The van der Waals surface area contributed by atoms with Crippen molar-refractivity contribution in [2.24, 2.45) is 7.05 Å². The summed E-state index contributed by atoms with van der Waals surface area (Å²) >= 11 is 0. The highest BCUT2D eigenvalue weighted by Crippen LogP contribution is 2.23. The zero-order valence-corrected chi connectivity index (χ0v) is 15.3. The fourth-order valence-electron chi connectivity index (χ4n) is 3.24.